The second-order valence-corrected chi connectivity index (χ2v) is 4.16. The van der Waals surface area contributed by atoms with E-state index in [9.17, 15) is 8.42 Å². The average molecular weight is 202 g/mol. The summed E-state index contributed by atoms with van der Waals surface area (Å²) in [7, 11) is -0.181. The van der Waals surface area contributed by atoms with Gasteiger partial charge in [0.25, 0.3) is 10.0 Å². The maximum Gasteiger partial charge on any atom is 0.257 e. The molecule has 6 nitrogen and oxygen atoms in total. The number of nitrogens with two attached hydrogens (primary N) is 1. The Hall–Kier alpha value is -1.21. The van der Waals surface area contributed by atoms with Crippen LogP contribution in [0.4, 0.5) is 5.82 Å². The molecule has 0 amide bonds. The number of nitrogens with zero attached hydrogens (tertiary/aromatic N) is 3. The summed E-state index contributed by atoms with van der Waals surface area (Å²) in [6.45, 7) is 0. The number of anilines is 1. The number of hydrogen-bond acceptors (Lipinski definition) is 5. The largest absolute Gasteiger partial charge is 0.361 e. The van der Waals surface area contributed by atoms with E-state index < -0.39 is 10.0 Å². The average Bonchev–Trinajstić information content (AvgIpc) is 2.03. The van der Waals surface area contributed by atoms with Gasteiger partial charge in [-0.05, 0) is 0 Å². The summed E-state index contributed by atoms with van der Waals surface area (Å²) < 4.78 is 21.6. The van der Waals surface area contributed by atoms with Crippen molar-refractivity contribution in [3.05, 3.63) is 12.4 Å². The zero-order valence-corrected chi connectivity index (χ0v) is 8.11. The van der Waals surface area contributed by atoms with Crippen molar-refractivity contribution in [3.63, 3.8) is 0 Å². The molecule has 0 saturated carbocycles. The van der Waals surface area contributed by atoms with Crippen LogP contribution in [0.1, 0.15) is 0 Å². The van der Waals surface area contributed by atoms with Crippen molar-refractivity contribution in [2.24, 2.45) is 5.14 Å². The highest BCUT2D eigenvalue weighted by molar-refractivity contribution is 7.89. The van der Waals surface area contributed by atoms with E-state index in [-0.39, 0.29) is 5.03 Å². The van der Waals surface area contributed by atoms with Crippen LogP contribution < -0.4 is 10.0 Å². The third-order valence-electron chi connectivity index (χ3n) is 1.36. The Morgan fingerprint density at radius 2 is 1.92 bits per heavy atom. The van der Waals surface area contributed by atoms with Gasteiger partial charge in [0.2, 0.25) is 0 Å². The molecule has 0 saturated heterocycles. The zero-order valence-electron chi connectivity index (χ0n) is 7.30. The maximum absolute atomic E-state index is 10.8. The fourth-order valence-electron chi connectivity index (χ4n) is 0.687. The quantitative estimate of drug-likeness (QED) is 0.677. The lowest BCUT2D eigenvalue weighted by molar-refractivity contribution is 0.593. The molecule has 7 heteroatoms. The van der Waals surface area contributed by atoms with Gasteiger partial charge in [-0.3, -0.25) is 0 Å². The maximum atomic E-state index is 10.8. The normalized spacial score (nSPS) is 11.3. The number of hydrogen-bond donors (Lipinski definition) is 1. The molecule has 0 aliphatic carbocycles. The van der Waals surface area contributed by atoms with Crippen molar-refractivity contribution in [2.45, 2.75) is 5.03 Å². The van der Waals surface area contributed by atoms with Gasteiger partial charge in [-0.2, -0.15) is 0 Å². The lowest BCUT2D eigenvalue weighted by Crippen LogP contribution is -2.16. The first kappa shape index (κ1) is 9.87. The molecule has 2 N–H and O–H groups in total. The highest BCUT2D eigenvalue weighted by Crippen LogP contribution is 2.06. The molecular formula is C6H10N4O2S. The van der Waals surface area contributed by atoms with Crippen molar-refractivity contribution >= 4 is 15.8 Å². The fourth-order valence-corrected chi connectivity index (χ4v) is 1.09. The number of primary sulfonamides is 1. The molecular weight excluding hydrogens is 192 g/mol. The first-order valence-corrected chi connectivity index (χ1v) is 4.98. The predicted octanol–water partition coefficient (Wildman–Crippen LogP) is -0.810. The van der Waals surface area contributed by atoms with Crippen LogP contribution in [0.3, 0.4) is 0 Å². The number of rotatable bonds is 2. The van der Waals surface area contributed by atoms with E-state index in [0.29, 0.717) is 5.82 Å². The van der Waals surface area contributed by atoms with Gasteiger partial charge in [0, 0.05) is 14.1 Å². The minimum Gasteiger partial charge on any atom is -0.361 e. The lowest BCUT2D eigenvalue weighted by atomic mass is 10.6. The summed E-state index contributed by atoms with van der Waals surface area (Å²) >= 11 is 0. The van der Waals surface area contributed by atoms with E-state index in [0.717, 1.165) is 6.20 Å². The van der Waals surface area contributed by atoms with Crippen molar-refractivity contribution < 1.29 is 8.42 Å². The Labute approximate surface area is 76.5 Å². The second-order valence-electron chi connectivity index (χ2n) is 2.65. The molecule has 0 spiro atoms. The summed E-state index contributed by atoms with van der Waals surface area (Å²) in [6, 6.07) is 0. The number of aromatic nitrogens is 2. The topological polar surface area (TPSA) is 89.2 Å². The lowest BCUT2D eigenvalue weighted by Gasteiger charge is -2.09. The molecule has 0 aliphatic heterocycles. The molecule has 0 radical (unpaired) electrons. The third kappa shape index (κ3) is 2.36. The molecule has 0 fully saturated rings. The molecule has 0 aliphatic rings. The SMILES string of the molecule is CN(C)c1cnc(S(N)(=O)=O)cn1. The summed E-state index contributed by atoms with van der Waals surface area (Å²) in [5.74, 6) is 0.576. The van der Waals surface area contributed by atoms with Gasteiger partial charge in [-0.25, -0.2) is 23.5 Å². The number of sulfonamides is 1. The third-order valence-corrected chi connectivity index (χ3v) is 2.16. The molecule has 72 valence electrons. The van der Waals surface area contributed by atoms with Crippen LogP contribution in [0, 0.1) is 0 Å². The Bertz CT molecular complexity index is 384. The molecule has 1 aromatic rings. The van der Waals surface area contributed by atoms with Crippen molar-refractivity contribution in [2.75, 3.05) is 19.0 Å². The second kappa shape index (κ2) is 3.27. The minimum absolute atomic E-state index is 0.224. The Morgan fingerprint density at radius 1 is 1.31 bits per heavy atom. The molecule has 0 bridgehead atoms. The molecule has 0 atom stereocenters. The van der Waals surface area contributed by atoms with Crippen LogP contribution in [0.15, 0.2) is 17.4 Å². The van der Waals surface area contributed by atoms with Crippen LogP contribution in [0.25, 0.3) is 0 Å². The first-order valence-electron chi connectivity index (χ1n) is 3.43. The van der Waals surface area contributed by atoms with Crippen molar-refractivity contribution in [1.82, 2.24) is 9.97 Å². The molecule has 1 aromatic heterocycles. The van der Waals surface area contributed by atoms with Crippen LogP contribution in [0.2, 0.25) is 0 Å². The Morgan fingerprint density at radius 3 is 2.23 bits per heavy atom. The smallest absolute Gasteiger partial charge is 0.257 e. The summed E-state index contributed by atoms with van der Waals surface area (Å²) in [5, 5.41) is 4.62. The monoisotopic (exact) mass is 202 g/mol. The zero-order chi connectivity index (χ0) is 10.1. The van der Waals surface area contributed by atoms with Crippen molar-refractivity contribution in [1.29, 1.82) is 0 Å². The van der Waals surface area contributed by atoms with E-state index in [1.54, 1.807) is 19.0 Å². The fraction of sp³-hybridized carbons (Fsp3) is 0.333. The van der Waals surface area contributed by atoms with Gasteiger partial charge < -0.3 is 4.90 Å². The predicted molar refractivity (Wildman–Crippen MR) is 47.7 cm³/mol. The van der Waals surface area contributed by atoms with Crippen LogP contribution in [0.5, 0.6) is 0 Å². The van der Waals surface area contributed by atoms with Crippen LogP contribution >= 0.6 is 0 Å². The highest BCUT2D eigenvalue weighted by atomic mass is 32.2. The van der Waals surface area contributed by atoms with E-state index >= 15 is 0 Å². The van der Waals surface area contributed by atoms with Gasteiger partial charge in [-0.1, -0.05) is 0 Å². The van der Waals surface area contributed by atoms with E-state index in [1.165, 1.54) is 6.20 Å². The van der Waals surface area contributed by atoms with Gasteiger partial charge in [0.05, 0.1) is 12.4 Å². The molecule has 0 aromatic carbocycles. The first-order chi connectivity index (χ1) is 5.91. The molecule has 1 heterocycles. The summed E-state index contributed by atoms with van der Waals surface area (Å²) in [6.07, 6.45) is 2.48. The summed E-state index contributed by atoms with van der Waals surface area (Å²) in [5.41, 5.74) is 0. The van der Waals surface area contributed by atoms with E-state index in [2.05, 4.69) is 9.97 Å². The molecule has 1 rings (SSSR count). The Kier molecular flexibility index (Phi) is 2.48. The van der Waals surface area contributed by atoms with Gasteiger partial charge in [-0.15, -0.1) is 0 Å². The van der Waals surface area contributed by atoms with Gasteiger partial charge >= 0.3 is 0 Å². The van der Waals surface area contributed by atoms with E-state index in [4.69, 9.17) is 5.14 Å². The minimum atomic E-state index is -3.74. The van der Waals surface area contributed by atoms with Crippen LogP contribution in [-0.2, 0) is 10.0 Å². The molecule has 13 heavy (non-hydrogen) atoms. The van der Waals surface area contributed by atoms with Gasteiger partial charge in [0.1, 0.15) is 5.82 Å². The van der Waals surface area contributed by atoms with Crippen molar-refractivity contribution in [3.8, 4) is 0 Å². The van der Waals surface area contributed by atoms with Crippen LogP contribution in [-0.4, -0.2) is 32.5 Å². The summed E-state index contributed by atoms with van der Waals surface area (Å²) in [4.78, 5) is 9.21. The van der Waals surface area contributed by atoms with E-state index in [1.807, 2.05) is 0 Å². The highest BCUT2D eigenvalue weighted by Gasteiger charge is 2.09. The Balaban J connectivity index is 3.08. The van der Waals surface area contributed by atoms with Gasteiger partial charge in [0.15, 0.2) is 5.03 Å². The standard InChI is InChI=1S/C6H10N4O2S/c1-10(2)5-3-9-6(4-8-5)13(7,11)12/h3-4H,1-2H3,(H2,7,11,12). The molecule has 0 unspecified atom stereocenters.